The molecular formula is C26H22FN3O6. The van der Waals surface area contributed by atoms with Crippen molar-refractivity contribution < 1.29 is 28.4 Å². The number of hydrogen-bond donors (Lipinski definition) is 1. The van der Waals surface area contributed by atoms with E-state index in [9.17, 15) is 24.1 Å². The van der Waals surface area contributed by atoms with Crippen LogP contribution in [0.2, 0.25) is 0 Å². The maximum Gasteiger partial charge on any atom is 0.329 e. The number of amides is 3. The number of nitro groups is 1. The van der Waals surface area contributed by atoms with Gasteiger partial charge in [0.2, 0.25) is 0 Å². The molecule has 1 aliphatic heterocycles. The highest BCUT2D eigenvalue weighted by Gasteiger charge is 2.33. The molecule has 0 aromatic heterocycles. The predicted octanol–water partition coefficient (Wildman–Crippen LogP) is 4.80. The number of nitro benzene ring substituents is 1. The Labute approximate surface area is 205 Å². The summed E-state index contributed by atoms with van der Waals surface area (Å²) in [5, 5.41) is 13.5. The molecular weight excluding hydrogens is 469 g/mol. The van der Waals surface area contributed by atoms with Crippen molar-refractivity contribution in [1.29, 1.82) is 0 Å². The van der Waals surface area contributed by atoms with Crippen molar-refractivity contribution in [3.8, 4) is 11.5 Å². The molecule has 3 aromatic rings. The summed E-state index contributed by atoms with van der Waals surface area (Å²) in [6.45, 7) is 2.27. The van der Waals surface area contributed by atoms with Crippen molar-refractivity contribution in [3.63, 3.8) is 0 Å². The lowest BCUT2D eigenvalue weighted by molar-refractivity contribution is -0.384. The molecule has 1 N–H and O–H groups in total. The highest BCUT2D eigenvalue weighted by atomic mass is 19.1. The number of ether oxygens (including phenoxy) is 2. The number of non-ortho nitro benzene ring substituents is 1. The second-order valence-electron chi connectivity index (χ2n) is 7.86. The molecule has 0 radical (unpaired) electrons. The van der Waals surface area contributed by atoms with Crippen LogP contribution in [0.1, 0.15) is 23.6 Å². The van der Waals surface area contributed by atoms with Gasteiger partial charge in [-0.1, -0.05) is 30.3 Å². The third-order valence-corrected chi connectivity index (χ3v) is 5.31. The van der Waals surface area contributed by atoms with Crippen molar-refractivity contribution in [2.24, 2.45) is 0 Å². The van der Waals surface area contributed by atoms with Crippen LogP contribution >= 0.6 is 0 Å². The van der Waals surface area contributed by atoms with E-state index in [1.165, 1.54) is 42.5 Å². The highest BCUT2D eigenvalue weighted by molar-refractivity contribution is 6.13. The third kappa shape index (κ3) is 5.66. The molecule has 36 heavy (non-hydrogen) atoms. The van der Waals surface area contributed by atoms with Gasteiger partial charge in [0.25, 0.3) is 11.6 Å². The summed E-state index contributed by atoms with van der Waals surface area (Å²) in [4.78, 5) is 36.7. The summed E-state index contributed by atoms with van der Waals surface area (Å²) in [5.41, 5.74) is 1.89. The van der Waals surface area contributed by atoms with Gasteiger partial charge in [-0.05, 0) is 54.0 Å². The maximum atomic E-state index is 13.1. The van der Waals surface area contributed by atoms with Gasteiger partial charge in [-0.3, -0.25) is 19.8 Å². The van der Waals surface area contributed by atoms with Crippen molar-refractivity contribution in [3.05, 3.63) is 105 Å². The van der Waals surface area contributed by atoms with Gasteiger partial charge < -0.3 is 14.8 Å². The number of nitrogens with one attached hydrogen (secondary N) is 1. The van der Waals surface area contributed by atoms with Gasteiger partial charge in [-0.2, -0.15) is 0 Å². The summed E-state index contributed by atoms with van der Waals surface area (Å²) in [7, 11) is 0. The molecule has 3 amide bonds. The van der Waals surface area contributed by atoms with E-state index in [1.807, 2.05) is 6.92 Å². The monoisotopic (exact) mass is 491 g/mol. The Balaban J connectivity index is 1.49. The lowest BCUT2D eigenvalue weighted by atomic mass is 10.1. The fourth-order valence-corrected chi connectivity index (χ4v) is 3.58. The molecule has 4 rings (SSSR count). The zero-order valence-corrected chi connectivity index (χ0v) is 19.3. The Kier molecular flexibility index (Phi) is 7.24. The molecule has 3 aromatic carbocycles. The van der Waals surface area contributed by atoms with Crippen LogP contribution in [0.3, 0.4) is 0 Å². The number of nitrogens with zero attached hydrogens (tertiary/aromatic N) is 2. The van der Waals surface area contributed by atoms with Crippen molar-refractivity contribution in [2.45, 2.75) is 20.1 Å². The number of hydrogen-bond acceptors (Lipinski definition) is 6. The summed E-state index contributed by atoms with van der Waals surface area (Å²) in [6, 6.07) is 16.2. The molecule has 0 aliphatic carbocycles. The van der Waals surface area contributed by atoms with Crippen LogP contribution in [0.25, 0.3) is 6.08 Å². The van der Waals surface area contributed by atoms with Crippen molar-refractivity contribution in [2.75, 3.05) is 6.61 Å². The minimum atomic E-state index is -0.572. The van der Waals surface area contributed by atoms with E-state index in [4.69, 9.17) is 9.47 Å². The maximum absolute atomic E-state index is 13.1. The Morgan fingerprint density at radius 1 is 1.00 bits per heavy atom. The van der Waals surface area contributed by atoms with Gasteiger partial charge in [0.15, 0.2) is 11.5 Å². The van der Waals surface area contributed by atoms with Crippen LogP contribution in [-0.4, -0.2) is 28.4 Å². The molecule has 0 bridgehead atoms. The number of halogens is 1. The minimum absolute atomic E-state index is 0.0108. The Morgan fingerprint density at radius 2 is 1.78 bits per heavy atom. The number of benzene rings is 3. The molecule has 1 aliphatic rings. The van der Waals surface area contributed by atoms with E-state index in [-0.39, 0.29) is 24.5 Å². The van der Waals surface area contributed by atoms with E-state index >= 15 is 0 Å². The number of carbonyl (C=O) groups excluding carboxylic acids is 2. The number of rotatable bonds is 9. The van der Waals surface area contributed by atoms with Gasteiger partial charge in [-0.25, -0.2) is 9.18 Å². The van der Waals surface area contributed by atoms with Gasteiger partial charge in [0.05, 0.1) is 18.1 Å². The molecule has 1 saturated heterocycles. The molecule has 0 spiro atoms. The summed E-state index contributed by atoms with van der Waals surface area (Å²) < 4.78 is 24.6. The number of carbonyl (C=O) groups is 2. The van der Waals surface area contributed by atoms with Crippen molar-refractivity contribution in [1.82, 2.24) is 10.2 Å². The second kappa shape index (κ2) is 10.7. The van der Waals surface area contributed by atoms with Gasteiger partial charge in [-0.15, -0.1) is 0 Å². The zero-order valence-electron chi connectivity index (χ0n) is 19.3. The van der Waals surface area contributed by atoms with Gasteiger partial charge in [0.1, 0.15) is 18.1 Å². The van der Waals surface area contributed by atoms with Gasteiger partial charge in [0, 0.05) is 12.1 Å². The Bertz CT molecular complexity index is 1340. The smallest absolute Gasteiger partial charge is 0.329 e. The van der Waals surface area contributed by atoms with E-state index in [0.29, 0.717) is 34.8 Å². The summed E-state index contributed by atoms with van der Waals surface area (Å²) in [6.07, 6.45) is 1.53. The van der Waals surface area contributed by atoms with Crippen LogP contribution in [0.5, 0.6) is 11.5 Å². The normalized spacial score (nSPS) is 14.2. The highest BCUT2D eigenvalue weighted by Crippen LogP contribution is 2.31. The molecule has 0 atom stereocenters. The molecule has 1 heterocycles. The molecule has 10 heteroatoms. The van der Waals surface area contributed by atoms with Crippen LogP contribution in [0.15, 0.2) is 72.4 Å². The number of urea groups is 1. The fraction of sp³-hybridized carbons (Fsp3) is 0.154. The predicted molar refractivity (Wildman–Crippen MR) is 128 cm³/mol. The van der Waals surface area contributed by atoms with E-state index in [0.717, 1.165) is 4.90 Å². The third-order valence-electron chi connectivity index (χ3n) is 5.31. The SMILES string of the molecule is CCOc1cc(C=C2NC(=O)N(Cc3ccc(F)cc3)C2=O)ccc1OCc1cccc([N+](=O)[O-])c1. The Hall–Kier alpha value is -4.73. The van der Waals surface area contributed by atoms with E-state index < -0.39 is 22.7 Å². The van der Waals surface area contributed by atoms with Gasteiger partial charge >= 0.3 is 6.03 Å². The second-order valence-corrected chi connectivity index (χ2v) is 7.86. The average molecular weight is 491 g/mol. The topological polar surface area (TPSA) is 111 Å². The fourth-order valence-electron chi connectivity index (χ4n) is 3.58. The van der Waals surface area contributed by atoms with E-state index in [2.05, 4.69) is 5.32 Å². The van der Waals surface area contributed by atoms with Crippen molar-refractivity contribution >= 4 is 23.7 Å². The first-order valence-electron chi connectivity index (χ1n) is 11.1. The first-order valence-corrected chi connectivity index (χ1v) is 11.1. The lowest BCUT2D eigenvalue weighted by Gasteiger charge is -2.13. The van der Waals surface area contributed by atoms with Crippen LogP contribution in [0.4, 0.5) is 14.9 Å². The summed E-state index contributed by atoms with van der Waals surface area (Å²) in [5.74, 6) is -0.0742. The first-order chi connectivity index (χ1) is 17.3. The summed E-state index contributed by atoms with van der Waals surface area (Å²) >= 11 is 0. The average Bonchev–Trinajstić information content (AvgIpc) is 3.12. The number of imide groups is 1. The molecule has 184 valence electrons. The molecule has 9 nitrogen and oxygen atoms in total. The standard InChI is InChI=1S/C26H22FN3O6/c1-2-35-24-14-18(8-11-23(24)36-16-19-4-3-5-21(12-19)30(33)34)13-22-25(31)29(26(32)28-22)15-17-6-9-20(27)10-7-17/h3-14H,2,15-16H2,1H3,(H,28,32). The van der Waals surface area contributed by atoms with E-state index in [1.54, 1.807) is 30.3 Å². The van der Waals surface area contributed by atoms with Crippen LogP contribution in [-0.2, 0) is 17.9 Å². The van der Waals surface area contributed by atoms with Crippen LogP contribution in [0, 0.1) is 15.9 Å². The quantitative estimate of drug-likeness (QED) is 0.199. The lowest BCUT2D eigenvalue weighted by Crippen LogP contribution is -2.30. The minimum Gasteiger partial charge on any atom is -0.490 e. The Morgan fingerprint density at radius 3 is 2.50 bits per heavy atom. The first kappa shape index (κ1) is 24.4. The van der Waals surface area contributed by atoms with Crippen LogP contribution < -0.4 is 14.8 Å². The zero-order chi connectivity index (χ0) is 25.7. The largest absolute Gasteiger partial charge is 0.490 e. The molecule has 1 fully saturated rings. The molecule has 0 unspecified atom stereocenters. The molecule has 0 saturated carbocycles.